The topological polar surface area (TPSA) is 80.8 Å². The minimum atomic E-state index is -1.12. The summed E-state index contributed by atoms with van der Waals surface area (Å²) in [5.41, 5.74) is 4.63. The molecule has 2 bridgehead atoms. The van der Waals surface area contributed by atoms with E-state index in [0.29, 0.717) is 10.6 Å². The number of benzene rings is 3. The molecule has 6 nitrogen and oxygen atoms in total. The van der Waals surface area contributed by atoms with Gasteiger partial charge in [0.1, 0.15) is 6.04 Å². The third-order valence-electron chi connectivity index (χ3n) is 8.15. The zero-order valence-corrected chi connectivity index (χ0v) is 21.7. The number of ether oxygens (including phenoxy) is 1. The van der Waals surface area contributed by atoms with Gasteiger partial charge >= 0.3 is 5.97 Å². The highest BCUT2D eigenvalue weighted by Crippen LogP contribution is 2.61. The Morgan fingerprint density at radius 3 is 1.66 bits per heavy atom. The van der Waals surface area contributed by atoms with Gasteiger partial charge in [-0.3, -0.25) is 19.3 Å². The lowest BCUT2D eigenvalue weighted by Gasteiger charge is -2.45. The molecule has 1 heterocycles. The van der Waals surface area contributed by atoms with Gasteiger partial charge in [-0.25, -0.2) is 4.79 Å². The smallest absolute Gasteiger partial charge is 0.330 e. The summed E-state index contributed by atoms with van der Waals surface area (Å²) in [5, 5.41) is 0.490. The second-order valence-corrected chi connectivity index (χ2v) is 11.0. The third kappa shape index (κ3) is 3.62. The van der Waals surface area contributed by atoms with Crippen LogP contribution < -0.4 is 0 Å². The summed E-state index contributed by atoms with van der Waals surface area (Å²) in [6, 6.07) is 21.2. The van der Waals surface area contributed by atoms with Gasteiger partial charge in [-0.2, -0.15) is 0 Å². The van der Waals surface area contributed by atoms with Crippen molar-refractivity contribution < 1.29 is 23.9 Å². The van der Waals surface area contributed by atoms with E-state index in [-0.39, 0.29) is 23.7 Å². The van der Waals surface area contributed by atoms with Crippen molar-refractivity contribution in [2.45, 2.75) is 31.7 Å². The minimum Gasteiger partial charge on any atom is -0.456 e. The highest BCUT2D eigenvalue weighted by Gasteiger charge is 2.63. The number of amides is 2. The zero-order chi connectivity index (χ0) is 26.7. The molecule has 192 valence electrons. The lowest BCUT2D eigenvalue weighted by Crippen LogP contribution is -2.49. The SMILES string of the molecule is CC(C)[C@H](C(=O)OCC(=O)c1ccc(Cl)cc1)N1C(=O)[C@H]2C3c4ccccc4C(c4ccccc43)[C@@H]2C1=O. The normalized spacial score (nSPS) is 23.6. The van der Waals surface area contributed by atoms with Crippen molar-refractivity contribution in [3.05, 3.63) is 106 Å². The Balaban J connectivity index is 1.31. The Labute approximate surface area is 225 Å². The number of hydrogen-bond donors (Lipinski definition) is 0. The van der Waals surface area contributed by atoms with Crippen LogP contribution >= 0.6 is 11.6 Å². The van der Waals surface area contributed by atoms with E-state index in [1.807, 2.05) is 48.5 Å². The van der Waals surface area contributed by atoms with E-state index in [2.05, 4.69) is 0 Å². The summed E-state index contributed by atoms with van der Waals surface area (Å²) in [6.45, 7) is 3.05. The lowest BCUT2D eigenvalue weighted by molar-refractivity contribution is -0.160. The van der Waals surface area contributed by atoms with Crippen molar-refractivity contribution in [3.8, 4) is 0 Å². The van der Waals surface area contributed by atoms with E-state index in [4.69, 9.17) is 16.3 Å². The van der Waals surface area contributed by atoms with Crippen molar-refractivity contribution in [1.29, 1.82) is 0 Å². The molecule has 3 aliphatic carbocycles. The number of imide groups is 1. The maximum Gasteiger partial charge on any atom is 0.330 e. The molecular formula is C31H26ClNO5. The molecule has 7 rings (SSSR count). The number of nitrogens with zero attached hydrogens (tertiary/aromatic N) is 1. The van der Waals surface area contributed by atoms with Crippen molar-refractivity contribution in [1.82, 2.24) is 4.90 Å². The first-order chi connectivity index (χ1) is 18.3. The van der Waals surface area contributed by atoms with Gasteiger partial charge in [-0.1, -0.05) is 74.0 Å². The Bertz CT molecular complexity index is 1360. The number of carbonyl (C=O) groups is 4. The van der Waals surface area contributed by atoms with Crippen molar-refractivity contribution >= 4 is 35.2 Å². The fourth-order valence-corrected chi connectivity index (χ4v) is 6.72. The highest BCUT2D eigenvalue weighted by atomic mass is 35.5. The fraction of sp³-hybridized carbons (Fsp3) is 0.290. The van der Waals surface area contributed by atoms with E-state index in [1.165, 1.54) is 0 Å². The predicted octanol–water partition coefficient (Wildman–Crippen LogP) is 4.98. The molecule has 0 aromatic heterocycles. The third-order valence-corrected chi connectivity index (χ3v) is 8.40. The molecule has 7 heteroatoms. The van der Waals surface area contributed by atoms with Crippen LogP contribution in [0.4, 0.5) is 0 Å². The predicted molar refractivity (Wildman–Crippen MR) is 141 cm³/mol. The molecule has 3 aromatic carbocycles. The summed E-state index contributed by atoms with van der Waals surface area (Å²) >= 11 is 5.89. The number of halogens is 1. The largest absolute Gasteiger partial charge is 0.456 e. The molecule has 1 aliphatic heterocycles. The molecule has 0 unspecified atom stereocenters. The second-order valence-electron chi connectivity index (χ2n) is 10.5. The number of esters is 1. The summed E-state index contributed by atoms with van der Waals surface area (Å²) in [7, 11) is 0. The van der Waals surface area contributed by atoms with Crippen LogP contribution in [0.25, 0.3) is 0 Å². The molecule has 4 aliphatic rings. The van der Waals surface area contributed by atoms with Crippen LogP contribution in [-0.2, 0) is 19.1 Å². The molecule has 2 amide bonds. The van der Waals surface area contributed by atoms with E-state index < -0.39 is 42.2 Å². The number of ketones is 1. The molecule has 3 aromatic rings. The summed E-state index contributed by atoms with van der Waals surface area (Å²) in [6.07, 6.45) is 0. The maximum atomic E-state index is 14.0. The second kappa shape index (κ2) is 9.21. The quantitative estimate of drug-likeness (QED) is 0.256. The Hall–Kier alpha value is -3.77. The van der Waals surface area contributed by atoms with Gasteiger partial charge in [0, 0.05) is 22.4 Å². The van der Waals surface area contributed by atoms with Gasteiger partial charge in [0.05, 0.1) is 11.8 Å². The minimum absolute atomic E-state index is 0.255. The van der Waals surface area contributed by atoms with Crippen LogP contribution in [0.1, 0.15) is 58.3 Å². The number of carbonyl (C=O) groups excluding carboxylic acids is 4. The van der Waals surface area contributed by atoms with Crippen LogP contribution in [0, 0.1) is 17.8 Å². The van der Waals surface area contributed by atoms with Crippen molar-refractivity contribution in [2.75, 3.05) is 6.61 Å². The Morgan fingerprint density at radius 2 is 1.24 bits per heavy atom. The van der Waals surface area contributed by atoms with E-state index in [0.717, 1.165) is 27.2 Å². The molecule has 3 atom stereocenters. The molecular weight excluding hydrogens is 502 g/mol. The van der Waals surface area contributed by atoms with Crippen LogP contribution in [0.2, 0.25) is 5.02 Å². The number of likely N-dealkylation sites (tertiary alicyclic amines) is 1. The average molecular weight is 528 g/mol. The molecule has 0 radical (unpaired) electrons. The molecule has 1 saturated heterocycles. The van der Waals surface area contributed by atoms with E-state index in [1.54, 1.807) is 38.1 Å². The van der Waals surface area contributed by atoms with Gasteiger partial charge in [0.2, 0.25) is 11.8 Å². The first-order valence-corrected chi connectivity index (χ1v) is 13.2. The number of rotatable bonds is 6. The zero-order valence-electron chi connectivity index (χ0n) is 21.0. The lowest BCUT2D eigenvalue weighted by atomic mass is 9.55. The van der Waals surface area contributed by atoms with Gasteiger partial charge in [0.15, 0.2) is 12.4 Å². The van der Waals surface area contributed by atoms with Crippen molar-refractivity contribution in [3.63, 3.8) is 0 Å². The summed E-state index contributed by atoms with van der Waals surface area (Å²) in [4.78, 5) is 55.1. The molecule has 0 saturated carbocycles. The average Bonchev–Trinajstić information content (AvgIpc) is 3.18. The van der Waals surface area contributed by atoms with E-state index in [9.17, 15) is 19.2 Å². The van der Waals surface area contributed by atoms with Crippen molar-refractivity contribution in [2.24, 2.45) is 17.8 Å². The number of Topliss-reactive ketones (excluding diaryl/α,β-unsaturated/α-hetero) is 1. The monoisotopic (exact) mass is 527 g/mol. The van der Waals surface area contributed by atoms with Gasteiger partial charge in [-0.05, 0) is 52.4 Å². The molecule has 0 spiro atoms. The Kier molecular flexibility index (Phi) is 5.95. The molecule has 1 fully saturated rings. The Morgan fingerprint density at radius 1 is 0.789 bits per heavy atom. The highest BCUT2D eigenvalue weighted by molar-refractivity contribution is 6.30. The first kappa shape index (κ1) is 24.6. The van der Waals surface area contributed by atoms with Gasteiger partial charge in [0.25, 0.3) is 0 Å². The van der Waals surface area contributed by atoms with Gasteiger partial charge in [-0.15, -0.1) is 0 Å². The first-order valence-electron chi connectivity index (χ1n) is 12.8. The maximum absolute atomic E-state index is 14.0. The standard InChI is InChI=1S/C31H26ClNO5/c1-16(2)28(31(37)38-15-23(34)17-11-13-18(32)14-12-17)33-29(35)26-24-19-7-3-4-8-20(19)25(27(26)30(33)36)22-10-6-5-9-21(22)24/h3-14,16,24-28H,15H2,1-2H3/t24?,25?,26-,27-,28+/m0/s1. The van der Waals surface area contributed by atoms with Crippen LogP contribution in [-0.4, -0.2) is 41.1 Å². The number of hydrogen-bond acceptors (Lipinski definition) is 5. The summed E-state index contributed by atoms with van der Waals surface area (Å²) < 4.78 is 5.40. The van der Waals surface area contributed by atoms with Crippen LogP contribution in [0.15, 0.2) is 72.8 Å². The summed E-state index contributed by atoms with van der Waals surface area (Å²) in [5.74, 6) is -3.92. The van der Waals surface area contributed by atoms with E-state index >= 15 is 0 Å². The van der Waals surface area contributed by atoms with Crippen LogP contribution in [0.5, 0.6) is 0 Å². The fourth-order valence-electron chi connectivity index (χ4n) is 6.59. The molecule has 38 heavy (non-hydrogen) atoms. The van der Waals surface area contributed by atoms with Gasteiger partial charge < -0.3 is 4.74 Å². The molecule has 0 N–H and O–H groups in total. The van der Waals surface area contributed by atoms with Crippen LogP contribution in [0.3, 0.4) is 0 Å².